The lowest BCUT2D eigenvalue weighted by molar-refractivity contribution is -0.119. The Hall–Kier alpha value is -1.87. The molecule has 1 heterocycles. The third-order valence-electron chi connectivity index (χ3n) is 3.90. The van der Waals surface area contributed by atoms with E-state index in [9.17, 15) is 4.79 Å². The van der Waals surface area contributed by atoms with E-state index in [1.54, 1.807) is 0 Å². The van der Waals surface area contributed by atoms with Gasteiger partial charge in [0, 0.05) is 6.04 Å². The van der Waals surface area contributed by atoms with Crippen molar-refractivity contribution < 1.29 is 4.79 Å². The Balaban J connectivity index is 2.01. The molecule has 3 rings (SSSR count). The van der Waals surface area contributed by atoms with Crippen molar-refractivity contribution in [2.45, 2.75) is 18.9 Å². The summed E-state index contributed by atoms with van der Waals surface area (Å²) >= 11 is 0. The van der Waals surface area contributed by atoms with Gasteiger partial charge in [0.15, 0.2) is 0 Å². The van der Waals surface area contributed by atoms with Crippen LogP contribution in [-0.4, -0.2) is 23.9 Å². The number of amides is 1. The largest absolute Gasteiger partial charge is 0.369 e. The van der Waals surface area contributed by atoms with Crippen molar-refractivity contribution in [3.63, 3.8) is 0 Å². The van der Waals surface area contributed by atoms with E-state index in [1.165, 1.54) is 16.3 Å². The highest BCUT2D eigenvalue weighted by Gasteiger charge is 2.27. The van der Waals surface area contributed by atoms with Crippen LogP contribution in [-0.2, 0) is 4.79 Å². The lowest BCUT2D eigenvalue weighted by Gasteiger charge is -2.24. The molecule has 1 fully saturated rings. The van der Waals surface area contributed by atoms with E-state index in [4.69, 9.17) is 5.73 Å². The van der Waals surface area contributed by atoms with Crippen molar-refractivity contribution in [3.05, 3.63) is 48.0 Å². The minimum Gasteiger partial charge on any atom is -0.369 e. The maximum Gasteiger partial charge on any atom is 0.231 e. The first-order valence-electron chi connectivity index (χ1n) is 6.76. The van der Waals surface area contributed by atoms with Crippen molar-refractivity contribution in [1.82, 2.24) is 4.90 Å². The summed E-state index contributed by atoms with van der Waals surface area (Å²) in [7, 11) is 0. The van der Waals surface area contributed by atoms with E-state index in [0.717, 1.165) is 19.4 Å². The van der Waals surface area contributed by atoms with Crippen LogP contribution in [0.5, 0.6) is 0 Å². The van der Waals surface area contributed by atoms with E-state index in [0.29, 0.717) is 12.6 Å². The molecule has 1 amide bonds. The zero-order valence-corrected chi connectivity index (χ0v) is 10.9. The second kappa shape index (κ2) is 5.02. The smallest absolute Gasteiger partial charge is 0.231 e. The normalized spacial score (nSPS) is 19.9. The first-order valence-corrected chi connectivity index (χ1v) is 6.76. The highest BCUT2D eigenvalue weighted by atomic mass is 16.1. The monoisotopic (exact) mass is 254 g/mol. The van der Waals surface area contributed by atoms with Crippen LogP contribution < -0.4 is 5.73 Å². The van der Waals surface area contributed by atoms with Crippen molar-refractivity contribution in [1.29, 1.82) is 0 Å². The van der Waals surface area contributed by atoms with Crippen molar-refractivity contribution >= 4 is 16.7 Å². The fourth-order valence-electron chi connectivity index (χ4n) is 3.11. The van der Waals surface area contributed by atoms with E-state index >= 15 is 0 Å². The average molecular weight is 254 g/mol. The predicted octanol–water partition coefficient (Wildman–Crippen LogP) is 2.46. The number of benzene rings is 2. The Bertz CT molecular complexity index is 603. The molecule has 0 radical (unpaired) electrons. The van der Waals surface area contributed by atoms with Crippen molar-refractivity contribution in [2.75, 3.05) is 13.1 Å². The quantitative estimate of drug-likeness (QED) is 0.914. The molecular formula is C16H18N2O. The highest BCUT2D eigenvalue weighted by molar-refractivity contribution is 5.86. The van der Waals surface area contributed by atoms with Crippen LogP contribution >= 0.6 is 0 Å². The number of rotatable bonds is 3. The van der Waals surface area contributed by atoms with Crippen LogP contribution in [0.15, 0.2) is 42.5 Å². The van der Waals surface area contributed by atoms with Gasteiger partial charge >= 0.3 is 0 Å². The number of hydrogen-bond donors (Lipinski definition) is 1. The lowest BCUT2D eigenvalue weighted by Crippen LogP contribution is -2.33. The van der Waals surface area contributed by atoms with Gasteiger partial charge in [0.2, 0.25) is 5.91 Å². The second-order valence-corrected chi connectivity index (χ2v) is 5.16. The van der Waals surface area contributed by atoms with Gasteiger partial charge in [0.25, 0.3) is 0 Å². The maximum absolute atomic E-state index is 11.2. The first-order chi connectivity index (χ1) is 9.25. The predicted molar refractivity (Wildman–Crippen MR) is 76.7 cm³/mol. The van der Waals surface area contributed by atoms with Gasteiger partial charge in [-0.25, -0.2) is 0 Å². The van der Waals surface area contributed by atoms with Crippen LogP contribution in [0.4, 0.5) is 0 Å². The van der Waals surface area contributed by atoms with Crippen LogP contribution in [0.2, 0.25) is 0 Å². The molecule has 1 aliphatic rings. The minimum atomic E-state index is -0.243. The molecule has 1 saturated heterocycles. The number of fused-ring (bicyclic) bond motifs is 1. The zero-order valence-electron chi connectivity index (χ0n) is 10.9. The van der Waals surface area contributed by atoms with E-state index in [1.807, 2.05) is 0 Å². The van der Waals surface area contributed by atoms with Gasteiger partial charge in [-0.3, -0.25) is 9.69 Å². The van der Waals surface area contributed by atoms with Crippen molar-refractivity contribution in [2.24, 2.45) is 5.73 Å². The maximum atomic E-state index is 11.2. The van der Waals surface area contributed by atoms with E-state index < -0.39 is 0 Å². The molecule has 0 aromatic heterocycles. The number of likely N-dealkylation sites (tertiary alicyclic amines) is 1. The number of primary amides is 1. The SMILES string of the molecule is NC(=O)CN1CCCC1c1cccc2ccccc12. The van der Waals surface area contributed by atoms with Crippen LogP contribution in [0.25, 0.3) is 10.8 Å². The summed E-state index contributed by atoms with van der Waals surface area (Å²) in [6.45, 7) is 1.31. The highest BCUT2D eigenvalue weighted by Crippen LogP contribution is 2.35. The molecular weight excluding hydrogens is 236 g/mol. The van der Waals surface area contributed by atoms with Crippen LogP contribution in [0, 0.1) is 0 Å². The summed E-state index contributed by atoms with van der Waals surface area (Å²) in [5, 5.41) is 2.54. The molecule has 1 unspecified atom stereocenters. The topological polar surface area (TPSA) is 46.3 Å². The van der Waals surface area contributed by atoms with Gasteiger partial charge < -0.3 is 5.73 Å². The molecule has 1 aliphatic heterocycles. The number of carbonyl (C=O) groups excluding carboxylic acids is 1. The third kappa shape index (κ3) is 2.34. The standard InChI is InChI=1S/C16H18N2O/c17-16(19)11-18-10-4-9-15(18)14-8-3-6-12-5-1-2-7-13(12)14/h1-3,5-8,15H,4,9-11H2,(H2,17,19). The Labute approximate surface area is 113 Å². The van der Waals surface area contributed by atoms with Gasteiger partial charge in [0.1, 0.15) is 0 Å². The number of carbonyl (C=O) groups is 1. The molecule has 0 saturated carbocycles. The number of hydrogen-bond acceptors (Lipinski definition) is 2. The fourth-order valence-corrected chi connectivity index (χ4v) is 3.11. The summed E-state index contributed by atoms with van der Waals surface area (Å²) in [4.78, 5) is 13.4. The minimum absolute atomic E-state index is 0.243. The van der Waals surface area contributed by atoms with Crippen molar-refractivity contribution in [3.8, 4) is 0 Å². The lowest BCUT2D eigenvalue weighted by atomic mass is 9.97. The van der Waals surface area contributed by atoms with Gasteiger partial charge in [0.05, 0.1) is 6.54 Å². The molecule has 19 heavy (non-hydrogen) atoms. The molecule has 3 heteroatoms. The van der Waals surface area contributed by atoms with Gasteiger partial charge in [-0.05, 0) is 35.7 Å². The molecule has 3 nitrogen and oxygen atoms in total. The Morgan fingerprint density at radius 1 is 1.21 bits per heavy atom. The molecule has 2 N–H and O–H groups in total. The van der Waals surface area contributed by atoms with Gasteiger partial charge in [-0.1, -0.05) is 42.5 Å². The van der Waals surface area contributed by atoms with Gasteiger partial charge in [-0.2, -0.15) is 0 Å². The zero-order chi connectivity index (χ0) is 13.2. The summed E-state index contributed by atoms with van der Waals surface area (Å²) in [5.41, 5.74) is 6.66. The summed E-state index contributed by atoms with van der Waals surface area (Å²) < 4.78 is 0. The van der Waals surface area contributed by atoms with Gasteiger partial charge in [-0.15, -0.1) is 0 Å². The summed E-state index contributed by atoms with van der Waals surface area (Å²) in [6.07, 6.45) is 2.22. The molecule has 2 aromatic rings. The average Bonchev–Trinajstić information content (AvgIpc) is 2.85. The molecule has 2 aromatic carbocycles. The Morgan fingerprint density at radius 3 is 2.84 bits per heavy atom. The summed E-state index contributed by atoms with van der Waals surface area (Å²) in [5.74, 6) is -0.243. The summed E-state index contributed by atoms with van der Waals surface area (Å²) in [6, 6.07) is 15.1. The Morgan fingerprint density at radius 2 is 2.00 bits per heavy atom. The molecule has 98 valence electrons. The molecule has 0 bridgehead atoms. The van der Waals surface area contributed by atoms with Crippen LogP contribution in [0.1, 0.15) is 24.4 Å². The molecule has 1 atom stereocenters. The first kappa shape index (κ1) is 12.2. The van der Waals surface area contributed by atoms with Crippen LogP contribution in [0.3, 0.4) is 0 Å². The number of nitrogens with two attached hydrogens (primary N) is 1. The fraction of sp³-hybridized carbons (Fsp3) is 0.312. The van der Waals surface area contributed by atoms with E-state index in [2.05, 4.69) is 47.4 Å². The number of nitrogens with zero attached hydrogens (tertiary/aromatic N) is 1. The molecule has 0 aliphatic carbocycles. The van der Waals surface area contributed by atoms with E-state index in [-0.39, 0.29) is 5.91 Å². The molecule has 0 spiro atoms. The third-order valence-corrected chi connectivity index (χ3v) is 3.90. The Kier molecular flexibility index (Phi) is 3.22. The second-order valence-electron chi connectivity index (χ2n) is 5.16.